The quantitative estimate of drug-likeness (QED) is 0.492. The second-order valence-corrected chi connectivity index (χ2v) is 7.21. The van der Waals surface area contributed by atoms with E-state index in [4.69, 9.17) is 10.5 Å². The van der Waals surface area contributed by atoms with Gasteiger partial charge in [-0.3, -0.25) is 0 Å². The summed E-state index contributed by atoms with van der Waals surface area (Å²) in [6.45, 7) is 7.37. The van der Waals surface area contributed by atoms with Gasteiger partial charge in [-0.25, -0.2) is 0 Å². The average Bonchev–Trinajstić information content (AvgIpc) is 2.43. The van der Waals surface area contributed by atoms with Crippen molar-refractivity contribution in [3.63, 3.8) is 0 Å². The Labute approximate surface area is 131 Å². The number of rotatable bonds is 5. The second-order valence-electron chi connectivity index (χ2n) is 6.04. The number of hydrogen-bond donors (Lipinski definition) is 1. The standard InChI is InChI=1S/C18H23NOS/c1-18(2,3)14-7-9-17(10-8-14)21-12-11-20-16-6-4-5-15(19)13-16/h4-10,13H,11-12,19H2,1-3H3. The molecule has 0 aliphatic rings. The van der Waals surface area contributed by atoms with Crippen molar-refractivity contribution in [2.24, 2.45) is 0 Å². The van der Waals surface area contributed by atoms with Gasteiger partial charge in [-0.1, -0.05) is 39.0 Å². The van der Waals surface area contributed by atoms with Crippen molar-refractivity contribution in [1.82, 2.24) is 0 Å². The third-order valence-electron chi connectivity index (χ3n) is 3.20. The van der Waals surface area contributed by atoms with Crippen molar-refractivity contribution in [3.05, 3.63) is 54.1 Å². The van der Waals surface area contributed by atoms with E-state index in [9.17, 15) is 0 Å². The summed E-state index contributed by atoms with van der Waals surface area (Å²) in [4.78, 5) is 1.28. The van der Waals surface area contributed by atoms with Gasteiger partial charge in [-0.15, -0.1) is 11.8 Å². The van der Waals surface area contributed by atoms with Gasteiger partial charge in [0.15, 0.2) is 0 Å². The summed E-state index contributed by atoms with van der Waals surface area (Å²) in [7, 11) is 0. The molecule has 0 spiro atoms. The molecule has 2 aromatic rings. The maximum Gasteiger partial charge on any atom is 0.121 e. The van der Waals surface area contributed by atoms with E-state index in [0.717, 1.165) is 17.2 Å². The van der Waals surface area contributed by atoms with Gasteiger partial charge in [0.25, 0.3) is 0 Å². The second kappa shape index (κ2) is 6.90. The lowest BCUT2D eigenvalue weighted by atomic mass is 9.87. The number of thioether (sulfide) groups is 1. The summed E-state index contributed by atoms with van der Waals surface area (Å²) >= 11 is 1.81. The molecule has 0 heterocycles. The first-order valence-electron chi connectivity index (χ1n) is 7.17. The predicted molar refractivity (Wildman–Crippen MR) is 92.2 cm³/mol. The first kappa shape index (κ1) is 15.8. The first-order chi connectivity index (χ1) is 9.95. The molecule has 2 rings (SSSR count). The molecular weight excluding hydrogens is 278 g/mol. The summed E-state index contributed by atoms with van der Waals surface area (Å²) in [6, 6.07) is 16.3. The zero-order valence-corrected chi connectivity index (χ0v) is 13.7. The summed E-state index contributed by atoms with van der Waals surface area (Å²) in [5.74, 6) is 1.75. The molecular formula is C18H23NOS. The molecule has 0 aliphatic carbocycles. The summed E-state index contributed by atoms with van der Waals surface area (Å²) in [5.41, 5.74) is 8.02. The maximum atomic E-state index is 5.72. The van der Waals surface area contributed by atoms with E-state index in [0.29, 0.717) is 6.61 Å². The molecule has 0 aliphatic heterocycles. The molecule has 2 N–H and O–H groups in total. The van der Waals surface area contributed by atoms with Crippen molar-refractivity contribution in [3.8, 4) is 5.75 Å². The number of hydrogen-bond acceptors (Lipinski definition) is 3. The minimum absolute atomic E-state index is 0.208. The predicted octanol–water partition coefficient (Wildman–Crippen LogP) is 4.74. The lowest BCUT2D eigenvalue weighted by molar-refractivity contribution is 0.344. The fraction of sp³-hybridized carbons (Fsp3) is 0.333. The van der Waals surface area contributed by atoms with E-state index in [-0.39, 0.29) is 5.41 Å². The molecule has 0 aromatic heterocycles. The molecule has 0 unspecified atom stereocenters. The molecule has 3 heteroatoms. The fourth-order valence-corrected chi connectivity index (χ4v) is 2.71. The van der Waals surface area contributed by atoms with Crippen molar-refractivity contribution in [1.29, 1.82) is 0 Å². The summed E-state index contributed by atoms with van der Waals surface area (Å²) < 4.78 is 5.69. The van der Waals surface area contributed by atoms with E-state index in [2.05, 4.69) is 45.0 Å². The van der Waals surface area contributed by atoms with Gasteiger partial charge in [-0.2, -0.15) is 0 Å². The van der Waals surface area contributed by atoms with Crippen molar-refractivity contribution < 1.29 is 4.74 Å². The van der Waals surface area contributed by atoms with Crippen molar-refractivity contribution in [2.75, 3.05) is 18.1 Å². The number of benzene rings is 2. The highest BCUT2D eigenvalue weighted by Crippen LogP contribution is 2.25. The van der Waals surface area contributed by atoms with Gasteiger partial charge >= 0.3 is 0 Å². The van der Waals surface area contributed by atoms with Gasteiger partial charge in [0.1, 0.15) is 5.75 Å². The molecule has 0 bridgehead atoms. The van der Waals surface area contributed by atoms with Crippen molar-refractivity contribution >= 4 is 17.4 Å². The van der Waals surface area contributed by atoms with E-state index in [1.165, 1.54) is 10.5 Å². The lowest BCUT2D eigenvalue weighted by Crippen LogP contribution is -2.10. The van der Waals surface area contributed by atoms with Crippen LogP contribution in [0.1, 0.15) is 26.3 Å². The van der Waals surface area contributed by atoms with Crippen LogP contribution in [0.3, 0.4) is 0 Å². The Balaban J connectivity index is 1.79. The first-order valence-corrected chi connectivity index (χ1v) is 8.15. The highest BCUT2D eigenvalue weighted by Gasteiger charge is 2.12. The molecule has 21 heavy (non-hydrogen) atoms. The highest BCUT2D eigenvalue weighted by atomic mass is 32.2. The van der Waals surface area contributed by atoms with Gasteiger partial charge in [-0.05, 0) is 35.2 Å². The SMILES string of the molecule is CC(C)(C)c1ccc(SCCOc2cccc(N)c2)cc1. The van der Waals surface area contributed by atoms with E-state index >= 15 is 0 Å². The molecule has 112 valence electrons. The topological polar surface area (TPSA) is 35.2 Å². The van der Waals surface area contributed by atoms with Crippen LogP contribution in [0.4, 0.5) is 5.69 Å². The number of anilines is 1. The fourth-order valence-electron chi connectivity index (χ4n) is 1.97. The van der Waals surface area contributed by atoms with Crippen LogP contribution in [0.5, 0.6) is 5.75 Å². The Morgan fingerprint density at radius 1 is 1.05 bits per heavy atom. The van der Waals surface area contributed by atoms with Crippen LogP contribution in [0, 0.1) is 0 Å². The Kier molecular flexibility index (Phi) is 5.18. The summed E-state index contributed by atoms with van der Waals surface area (Å²) in [6.07, 6.45) is 0. The number of nitrogen functional groups attached to an aromatic ring is 1. The van der Waals surface area contributed by atoms with E-state index in [1.807, 2.05) is 24.3 Å². The average molecular weight is 301 g/mol. The van der Waals surface area contributed by atoms with Crippen LogP contribution in [0.15, 0.2) is 53.4 Å². The third kappa shape index (κ3) is 5.01. The number of nitrogens with two attached hydrogens (primary N) is 1. The monoisotopic (exact) mass is 301 g/mol. The van der Waals surface area contributed by atoms with Crippen LogP contribution in [0.2, 0.25) is 0 Å². The third-order valence-corrected chi connectivity index (χ3v) is 4.18. The van der Waals surface area contributed by atoms with Crippen LogP contribution in [-0.2, 0) is 5.41 Å². The maximum absolute atomic E-state index is 5.72. The van der Waals surface area contributed by atoms with E-state index in [1.54, 1.807) is 11.8 Å². The lowest BCUT2D eigenvalue weighted by Gasteiger charge is -2.19. The Hall–Kier alpha value is -1.61. The van der Waals surface area contributed by atoms with Crippen LogP contribution < -0.4 is 10.5 Å². The Morgan fingerprint density at radius 3 is 2.38 bits per heavy atom. The molecule has 2 nitrogen and oxygen atoms in total. The normalized spacial score (nSPS) is 11.4. The smallest absolute Gasteiger partial charge is 0.121 e. The van der Waals surface area contributed by atoms with Gasteiger partial charge in [0, 0.05) is 22.4 Å². The molecule has 2 aromatic carbocycles. The van der Waals surface area contributed by atoms with Crippen LogP contribution in [-0.4, -0.2) is 12.4 Å². The zero-order chi connectivity index (χ0) is 15.3. The highest BCUT2D eigenvalue weighted by molar-refractivity contribution is 7.99. The summed E-state index contributed by atoms with van der Waals surface area (Å²) in [5, 5.41) is 0. The largest absolute Gasteiger partial charge is 0.493 e. The van der Waals surface area contributed by atoms with Crippen LogP contribution in [0.25, 0.3) is 0 Å². The molecule has 0 saturated carbocycles. The van der Waals surface area contributed by atoms with E-state index < -0.39 is 0 Å². The van der Waals surface area contributed by atoms with Gasteiger partial charge in [0.05, 0.1) is 6.61 Å². The van der Waals surface area contributed by atoms with Crippen molar-refractivity contribution in [2.45, 2.75) is 31.1 Å². The molecule has 0 atom stereocenters. The Morgan fingerprint density at radius 2 is 1.76 bits per heavy atom. The zero-order valence-electron chi connectivity index (χ0n) is 12.9. The molecule has 0 saturated heterocycles. The van der Waals surface area contributed by atoms with Gasteiger partial charge in [0.2, 0.25) is 0 Å². The Bertz CT molecular complexity index is 573. The molecule has 0 fully saturated rings. The molecule has 0 amide bonds. The molecule has 0 radical (unpaired) electrons. The minimum Gasteiger partial charge on any atom is -0.493 e. The van der Waals surface area contributed by atoms with Crippen LogP contribution >= 0.6 is 11.8 Å². The minimum atomic E-state index is 0.208. The number of ether oxygens (including phenoxy) is 1. The van der Waals surface area contributed by atoms with Gasteiger partial charge < -0.3 is 10.5 Å².